The van der Waals surface area contributed by atoms with Crippen LogP contribution in [0.2, 0.25) is 0 Å². The van der Waals surface area contributed by atoms with Crippen LogP contribution in [0.1, 0.15) is 71.0 Å². The molecule has 1 aromatic heterocycles. The Bertz CT molecular complexity index is 429. The van der Waals surface area contributed by atoms with E-state index in [1.807, 2.05) is 0 Å². The third-order valence-electron chi connectivity index (χ3n) is 4.17. The highest BCUT2D eigenvalue weighted by atomic mass is 16.5. The van der Waals surface area contributed by atoms with E-state index in [-0.39, 0.29) is 11.1 Å². The monoisotopic (exact) mass is 295 g/mol. The van der Waals surface area contributed by atoms with Gasteiger partial charge in [0, 0.05) is 25.6 Å². The van der Waals surface area contributed by atoms with Gasteiger partial charge in [-0.3, -0.25) is 0 Å². The zero-order chi connectivity index (χ0) is 15.3. The molecule has 21 heavy (non-hydrogen) atoms. The second kappa shape index (κ2) is 6.88. The summed E-state index contributed by atoms with van der Waals surface area (Å²) in [6.45, 7) is 7.29. The van der Waals surface area contributed by atoms with Crippen molar-refractivity contribution < 1.29 is 9.26 Å². The third kappa shape index (κ3) is 4.51. The second-order valence-corrected chi connectivity index (χ2v) is 7.05. The minimum atomic E-state index is -0.338. The molecule has 1 heterocycles. The zero-order valence-corrected chi connectivity index (χ0v) is 13.9. The fourth-order valence-corrected chi connectivity index (χ4v) is 2.90. The lowest BCUT2D eigenvalue weighted by atomic mass is 9.93. The Kier molecular flexibility index (Phi) is 5.38. The molecule has 0 unspecified atom stereocenters. The minimum absolute atomic E-state index is 0.109. The predicted molar refractivity (Wildman–Crippen MR) is 82.1 cm³/mol. The number of methoxy groups -OCH3 is 1. The van der Waals surface area contributed by atoms with Crippen molar-refractivity contribution in [1.82, 2.24) is 15.5 Å². The Hall–Kier alpha value is -0.940. The third-order valence-corrected chi connectivity index (χ3v) is 4.17. The Balaban J connectivity index is 2.00. The highest BCUT2D eigenvalue weighted by Crippen LogP contribution is 2.37. The molecule has 0 aromatic carbocycles. The summed E-state index contributed by atoms with van der Waals surface area (Å²) in [6.07, 6.45) is 7.61. The van der Waals surface area contributed by atoms with Crippen molar-refractivity contribution in [1.29, 1.82) is 0 Å². The average molecular weight is 295 g/mol. The zero-order valence-electron chi connectivity index (χ0n) is 13.9. The molecule has 1 saturated carbocycles. The molecule has 0 atom stereocenters. The maximum absolute atomic E-state index is 5.82. The van der Waals surface area contributed by atoms with Crippen LogP contribution in [0.5, 0.6) is 0 Å². The molecule has 0 aliphatic heterocycles. The lowest BCUT2D eigenvalue weighted by molar-refractivity contribution is -0.0365. The number of nitrogens with zero attached hydrogens (tertiary/aromatic N) is 2. The van der Waals surface area contributed by atoms with Crippen LogP contribution >= 0.6 is 0 Å². The molecule has 1 N–H and O–H groups in total. The molecule has 0 amide bonds. The number of hydrogen-bond acceptors (Lipinski definition) is 5. The first-order valence-corrected chi connectivity index (χ1v) is 8.08. The number of hydrogen-bond donors (Lipinski definition) is 1. The molecule has 1 aliphatic carbocycles. The lowest BCUT2D eigenvalue weighted by Crippen LogP contribution is -2.37. The van der Waals surface area contributed by atoms with Crippen molar-refractivity contribution in [2.45, 2.75) is 76.9 Å². The summed E-state index contributed by atoms with van der Waals surface area (Å²) in [7, 11) is 1.77. The van der Waals surface area contributed by atoms with Gasteiger partial charge in [0.1, 0.15) is 5.60 Å². The van der Waals surface area contributed by atoms with Gasteiger partial charge >= 0.3 is 0 Å². The number of aromatic nitrogens is 2. The van der Waals surface area contributed by atoms with E-state index >= 15 is 0 Å². The van der Waals surface area contributed by atoms with Crippen molar-refractivity contribution in [2.75, 3.05) is 13.7 Å². The first-order valence-electron chi connectivity index (χ1n) is 8.08. The highest BCUT2D eigenvalue weighted by molar-refractivity contribution is 5.03. The summed E-state index contributed by atoms with van der Waals surface area (Å²) in [5.74, 6) is 1.43. The van der Waals surface area contributed by atoms with Crippen LogP contribution in [0, 0.1) is 0 Å². The van der Waals surface area contributed by atoms with Gasteiger partial charge in [-0.05, 0) is 33.6 Å². The standard InChI is InChI=1S/C16H29N3O2/c1-15(2,3)17-12-9-13-18-14(19-21-13)16(20-4)10-7-5-6-8-11-16/h17H,5-12H2,1-4H3. The van der Waals surface area contributed by atoms with E-state index in [1.165, 1.54) is 25.7 Å². The van der Waals surface area contributed by atoms with Gasteiger partial charge in [0.15, 0.2) is 0 Å². The number of rotatable bonds is 5. The van der Waals surface area contributed by atoms with Gasteiger partial charge in [-0.1, -0.05) is 30.8 Å². The van der Waals surface area contributed by atoms with Crippen molar-refractivity contribution in [3.8, 4) is 0 Å². The number of nitrogens with one attached hydrogen (secondary N) is 1. The minimum Gasteiger partial charge on any atom is -0.370 e. The molecule has 120 valence electrons. The fourth-order valence-electron chi connectivity index (χ4n) is 2.90. The van der Waals surface area contributed by atoms with Gasteiger partial charge in [0.05, 0.1) is 0 Å². The molecule has 5 nitrogen and oxygen atoms in total. The van der Waals surface area contributed by atoms with Crippen LogP contribution in [0.25, 0.3) is 0 Å². The molecule has 0 spiro atoms. The van der Waals surface area contributed by atoms with Crippen LogP contribution < -0.4 is 5.32 Å². The van der Waals surface area contributed by atoms with Gasteiger partial charge in [0.2, 0.25) is 11.7 Å². The molecule has 1 aliphatic rings. The Morgan fingerprint density at radius 1 is 1.19 bits per heavy atom. The first-order chi connectivity index (χ1) is 9.95. The summed E-state index contributed by atoms with van der Waals surface area (Å²) < 4.78 is 11.2. The van der Waals surface area contributed by atoms with Gasteiger partial charge in [0.25, 0.3) is 0 Å². The maximum Gasteiger partial charge on any atom is 0.228 e. The molecule has 5 heteroatoms. The summed E-state index contributed by atoms with van der Waals surface area (Å²) >= 11 is 0. The van der Waals surface area contributed by atoms with E-state index in [1.54, 1.807) is 7.11 Å². The van der Waals surface area contributed by atoms with Gasteiger partial charge in [-0.2, -0.15) is 4.98 Å². The lowest BCUT2D eigenvalue weighted by Gasteiger charge is -2.27. The maximum atomic E-state index is 5.82. The van der Waals surface area contributed by atoms with Gasteiger partial charge in [-0.25, -0.2) is 0 Å². The normalized spacial score (nSPS) is 19.4. The Labute approximate surface area is 127 Å². The quantitative estimate of drug-likeness (QED) is 0.845. The topological polar surface area (TPSA) is 60.2 Å². The Morgan fingerprint density at radius 2 is 1.86 bits per heavy atom. The van der Waals surface area contributed by atoms with Crippen LogP contribution in [-0.2, 0) is 16.8 Å². The van der Waals surface area contributed by atoms with Crippen LogP contribution in [0.15, 0.2) is 4.52 Å². The van der Waals surface area contributed by atoms with E-state index in [2.05, 4.69) is 36.2 Å². The van der Waals surface area contributed by atoms with E-state index in [0.717, 1.165) is 31.6 Å². The predicted octanol–water partition coefficient (Wildman–Crippen LogP) is 3.20. The van der Waals surface area contributed by atoms with Crippen LogP contribution in [0.4, 0.5) is 0 Å². The summed E-state index contributed by atoms with van der Waals surface area (Å²) in [5.41, 5.74) is -0.229. The Morgan fingerprint density at radius 3 is 2.43 bits per heavy atom. The largest absolute Gasteiger partial charge is 0.370 e. The molecule has 1 fully saturated rings. The second-order valence-electron chi connectivity index (χ2n) is 7.05. The van der Waals surface area contributed by atoms with Crippen molar-refractivity contribution in [3.05, 3.63) is 11.7 Å². The molecule has 2 rings (SSSR count). The average Bonchev–Trinajstić information content (AvgIpc) is 2.75. The van der Waals surface area contributed by atoms with Crippen molar-refractivity contribution >= 4 is 0 Å². The molecule has 0 saturated heterocycles. The number of ether oxygens (including phenoxy) is 1. The van der Waals surface area contributed by atoms with Crippen LogP contribution in [-0.4, -0.2) is 29.3 Å². The van der Waals surface area contributed by atoms with Crippen LogP contribution in [0.3, 0.4) is 0 Å². The van der Waals surface area contributed by atoms with E-state index in [4.69, 9.17) is 9.26 Å². The first kappa shape index (κ1) is 16.4. The van der Waals surface area contributed by atoms with Gasteiger partial charge in [-0.15, -0.1) is 0 Å². The SMILES string of the molecule is COC1(c2noc(CCNC(C)(C)C)n2)CCCCCC1. The summed E-state index contributed by atoms with van der Waals surface area (Å²) in [6, 6.07) is 0. The molecule has 0 radical (unpaired) electrons. The van der Waals surface area contributed by atoms with Gasteiger partial charge < -0.3 is 14.6 Å². The molecular weight excluding hydrogens is 266 g/mol. The smallest absolute Gasteiger partial charge is 0.228 e. The molecular formula is C16H29N3O2. The summed E-state index contributed by atoms with van der Waals surface area (Å²) in [4.78, 5) is 4.60. The summed E-state index contributed by atoms with van der Waals surface area (Å²) in [5, 5.41) is 7.63. The van der Waals surface area contributed by atoms with E-state index < -0.39 is 0 Å². The highest BCUT2D eigenvalue weighted by Gasteiger charge is 2.37. The molecule has 1 aromatic rings. The van der Waals surface area contributed by atoms with Crippen molar-refractivity contribution in [3.63, 3.8) is 0 Å². The van der Waals surface area contributed by atoms with E-state index in [0.29, 0.717) is 5.89 Å². The molecule has 0 bridgehead atoms. The van der Waals surface area contributed by atoms with E-state index in [9.17, 15) is 0 Å². The van der Waals surface area contributed by atoms with Crippen molar-refractivity contribution in [2.24, 2.45) is 0 Å². The fraction of sp³-hybridized carbons (Fsp3) is 0.875.